The predicted molar refractivity (Wildman–Crippen MR) is 112 cm³/mol. The lowest BCUT2D eigenvalue weighted by atomic mass is 10.0. The topological polar surface area (TPSA) is 39.7 Å². The van der Waals surface area contributed by atoms with Gasteiger partial charge >= 0.3 is 0 Å². The molecule has 0 bridgehead atoms. The summed E-state index contributed by atoms with van der Waals surface area (Å²) in [6.45, 7) is 4.97. The maximum Gasteiger partial charge on any atom is 0.191 e. The number of hydrogen-bond acceptors (Lipinski definition) is 6. The van der Waals surface area contributed by atoms with Crippen molar-refractivity contribution in [1.29, 1.82) is 0 Å². The van der Waals surface area contributed by atoms with Crippen LogP contribution in [0, 0.1) is 0 Å². The first-order chi connectivity index (χ1) is 12.8. The van der Waals surface area contributed by atoms with Gasteiger partial charge in [0.1, 0.15) is 0 Å². The van der Waals surface area contributed by atoms with Crippen LogP contribution in [-0.2, 0) is 13.0 Å². The molecule has 0 saturated carbocycles. The molecule has 4 rings (SSSR count). The van der Waals surface area contributed by atoms with Crippen LogP contribution >= 0.6 is 23.1 Å². The molecule has 0 fully saturated rings. The van der Waals surface area contributed by atoms with Gasteiger partial charge in [-0.2, -0.15) is 0 Å². The highest BCUT2D eigenvalue weighted by Crippen LogP contribution is 2.31. The summed E-state index contributed by atoms with van der Waals surface area (Å²) in [5.74, 6) is 0.954. The fraction of sp³-hybridized carbons (Fsp3) is 0.450. The van der Waals surface area contributed by atoms with Gasteiger partial charge in [0.25, 0.3) is 0 Å². The molecule has 2 aromatic rings. The zero-order chi connectivity index (χ0) is 17.8. The highest BCUT2D eigenvalue weighted by molar-refractivity contribution is 7.98. The molecule has 2 N–H and O–H groups in total. The minimum atomic E-state index is 0.352. The first-order valence-electron chi connectivity index (χ1n) is 9.29. The Hall–Kier alpha value is -1.50. The maximum atomic E-state index is 4.57. The van der Waals surface area contributed by atoms with Gasteiger partial charge < -0.3 is 10.6 Å². The van der Waals surface area contributed by atoms with Gasteiger partial charge in [0.2, 0.25) is 0 Å². The third-order valence-electron chi connectivity index (χ3n) is 5.14. The quantitative estimate of drug-likeness (QED) is 0.772. The minimum Gasteiger partial charge on any atom is -0.356 e. The van der Waals surface area contributed by atoms with E-state index in [1.807, 2.05) is 11.3 Å². The molecule has 2 aliphatic rings. The van der Waals surface area contributed by atoms with Gasteiger partial charge in [-0.05, 0) is 53.8 Å². The fourth-order valence-electron chi connectivity index (χ4n) is 3.66. The average Bonchev–Trinajstić information content (AvgIpc) is 3.17. The van der Waals surface area contributed by atoms with Crippen molar-refractivity contribution >= 4 is 29.1 Å². The van der Waals surface area contributed by atoms with E-state index in [9.17, 15) is 0 Å². The molecular weight excluding hydrogens is 360 g/mol. The molecule has 0 spiro atoms. The number of thioether (sulfide) groups is 1. The average molecular weight is 387 g/mol. The zero-order valence-corrected chi connectivity index (χ0v) is 16.8. The fourth-order valence-corrected chi connectivity index (χ4v) is 4.96. The smallest absolute Gasteiger partial charge is 0.191 e. The van der Waals surface area contributed by atoms with E-state index in [4.69, 9.17) is 0 Å². The van der Waals surface area contributed by atoms with E-state index in [1.54, 1.807) is 16.6 Å². The van der Waals surface area contributed by atoms with E-state index in [0.29, 0.717) is 6.04 Å². The van der Waals surface area contributed by atoms with E-state index < -0.39 is 0 Å². The molecule has 0 saturated heterocycles. The Morgan fingerprint density at radius 3 is 2.96 bits per heavy atom. The molecule has 1 unspecified atom stereocenters. The summed E-state index contributed by atoms with van der Waals surface area (Å²) in [4.78, 5) is 10.1. The number of guanidine groups is 1. The molecule has 4 nitrogen and oxygen atoms in total. The Labute approximate surface area is 164 Å². The number of thiophene rings is 1. The van der Waals surface area contributed by atoms with Crippen molar-refractivity contribution in [3.63, 3.8) is 0 Å². The Balaban J connectivity index is 1.53. The van der Waals surface area contributed by atoms with Gasteiger partial charge in [0.05, 0.1) is 6.04 Å². The molecular formula is C20H26N4S2. The first kappa shape index (κ1) is 17.9. The minimum absolute atomic E-state index is 0.352. The largest absolute Gasteiger partial charge is 0.356 e. The molecule has 1 aromatic carbocycles. The van der Waals surface area contributed by atoms with Crippen molar-refractivity contribution in [2.75, 3.05) is 32.4 Å². The van der Waals surface area contributed by atoms with Crippen molar-refractivity contribution < 1.29 is 0 Å². The number of fused-ring (bicyclic) bond motifs is 1. The van der Waals surface area contributed by atoms with E-state index in [1.165, 1.54) is 16.0 Å². The number of hydrogen-bond donors (Lipinski definition) is 2. The standard InChI is InChI=1S/C20H26N4S2/c1-25-17-5-3-15(4-6-17)18(13-23-20-21-9-2-10-22-20)24-11-7-19-16(14-24)8-12-26-19/h3-6,8,12,18H,2,7,9-11,13-14H2,1H3,(H2,21,22,23). The van der Waals surface area contributed by atoms with Crippen LogP contribution in [-0.4, -0.2) is 43.3 Å². The maximum absolute atomic E-state index is 4.57. The SMILES string of the molecule is CSc1ccc(C(CNC2=NCCCN2)N2CCc3sccc3C2)cc1. The summed E-state index contributed by atoms with van der Waals surface area (Å²) in [7, 11) is 0. The Kier molecular flexibility index (Phi) is 5.82. The van der Waals surface area contributed by atoms with Crippen molar-refractivity contribution in [3.05, 3.63) is 51.7 Å². The molecule has 1 atom stereocenters. The third kappa shape index (κ3) is 4.08. The number of aliphatic imine (C=N–C) groups is 1. The second kappa shape index (κ2) is 8.46. The number of rotatable bonds is 5. The molecule has 0 amide bonds. The Morgan fingerprint density at radius 2 is 2.19 bits per heavy atom. The summed E-state index contributed by atoms with van der Waals surface area (Å²) in [5.41, 5.74) is 2.88. The van der Waals surface area contributed by atoms with Crippen molar-refractivity contribution in [2.24, 2.45) is 4.99 Å². The molecule has 2 aliphatic heterocycles. The summed E-state index contributed by atoms with van der Waals surface area (Å²) in [5, 5.41) is 9.17. The van der Waals surface area contributed by atoms with Crippen LogP contribution < -0.4 is 10.6 Å². The molecule has 3 heterocycles. The van der Waals surface area contributed by atoms with E-state index in [0.717, 1.165) is 51.5 Å². The highest BCUT2D eigenvalue weighted by atomic mass is 32.2. The van der Waals surface area contributed by atoms with Gasteiger partial charge in [-0.3, -0.25) is 9.89 Å². The molecule has 138 valence electrons. The van der Waals surface area contributed by atoms with Crippen LogP contribution in [0.3, 0.4) is 0 Å². The normalized spacial score (nSPS) is 18.6. The lowest BCUT2D eigenvalue weighted by Crippen LogP contribution is -2.45. The Morgan fingerprint density at radius 1 is 1.31 bits per heavy atom. The summed E-state index contributed by atoms with van der Waals surface area (Å²) >= 11 is 3.70. The first-order valence-corrected chi connectivity index (χ1v) is 11.4. The van der Waals surface area contributed by atoms with Gasteiger partial charge in [-0.15, -0.1) is 23.1 Å². The predicted octanol–water partition coefficient (Wildman–Crippen LogP) is 3.51. The summed E-state index contributed by atoms with van der Waals surface area (Å²) in [6, 6.07) is 11.7. The van der Waals surface area contributed by atoms with Crippen LogP contribution in [0.1, 0.15) is 28.5 Å². The third-order valence-corrected chi connectivity index (χ3v) is 6.91. The second-order valence-corrected chi connectivity index (χ2v) is 8.65. The molecule has 26 heavy (non-hydrogen) atoms. The zero-order valence-electron chi connectivity index (χ0n) is 15.2. The van der Waals surface area contributed by atoms with Gasteiger partial charge in [0, 0.05) is 42.5 Å². The number of benzene rings is 1. The highest BCUT2D eigenvalue weighted by Gasteiger charge is 2.25. The summed E-state index contributed by atoms with van der Waals surface area (Å²) in [6.07, 6.45) is 4.41. The molecule has 0 radical (unpaired) electrons. The van der Waals surface area contributed by atoms with Crippen LogP contribution in [0.5, 0.6) is 0 Å². The van der Waals surface area contributed by atoms with E-state index >= 15 is 0 Å². The second-order valence-electron chi connectivity index (χ2n) is 6.77. The van der Waals surface area contributed by atoms with Gasteiger partial charge in [-0.25, -0.2) is 0 Å². The van der Waals surface area contributed by atoms with Crippen molar-refractivity contribution in [1.82, 2.24) is 15.5 Å². The number of nitrogens with zero attached hydrogens (tertiary/aromatic N) is 2. The molecule has 1 aromatic heterocycles. The van der Waals surface area contributed by atoms with Gasteiger partial charge in [0.15, 0.2) is 5.96 Å². The van der Waals surface area contributed by atoms with Crippen LogP contribution in [0.2, 0.25) is 0 Å². The number of nitrogens with one attached hydrogen (secondary N) is 2. The lowest BCUT2D eigenvalue weighted by molar-refractivity contribution is 0.181. The van der Waals surface area contributed by atoms with Gasteiger partial charge in [-0.1, -0.05) is 12.1 Å². The van der Waals surface area contributed by atoms with Crippen LogP contribution in [0.25, 0.3) is 0 Å². The van der Waals surface area contributed by atoms with Crippen LogP contribution in [0.4, 0.5) is 0 Å². The molecule has 0 aliphatic carbocycles. The monoisotopic (exact) mass is 386 g/mol. The van der Waals surface area contributed by atoms with E-state index in [-0.39, 0.29) is 0 Å². The lowest BCUT2D eigenvalue weighted by Gasteiger charge is -2.35. The van der Waals surface area contributed by atoms with Crippen LogP contribution in [0.15, 0.2) is 45.6 Å². The Bertz CT molecular complexity index is 753. The van der Waals surface area contributed by atoms with E-state index in [2.05, 4.69) is 62.5 Å². The molecule has 6 heteroatoms. The van der Waals surface area contributed by atoms with Crippen molar-refractivity contribution in [2.45, 2.75) is 30.3 Å². The van der Waals surface area contributed by atoms with Crippen molar-refractivity contribution in [3.8, 4) is 0 Å². The summed E-state index contributed by atoms with van der Waals surface area (Å²) < 4.78 is 0.